The van der Waals surface area contributed by atoms with Crippen molar-refractivity contribution in [3.63, 3.8) is 0 Å². The SMILES string of the molecule is Cc1ccc(NC(=O)CSCC(=O)O)c(Cl)c1. The maximum atomic E-state index is 11.4. The third-order valence-corrected chi connectivity index (χ3v) is 3.09. The Labute approximate surface area is 108 Å². The molecular weight excluding hydrogens is 262 g/mol. The van der Waals surface area contributed by atoms with Crippen molar-refractivity contribution in [2.24, 2.45) is 0 Å². The number of carbonyl (C=O) groups is 2. The molecule has 1 aromatic rings. The van der Waals surface area contributed by atoms with Crippen LogP contribution in [0, 0.1) is 6.92 Å². The van der Waals surface area contributed by atoms with Gasteiger partial charge < -0.3 is 10.4 Å². The van der Waals surface area contributed by atoms with Crippen molar-refractivity contribution in [3.8, 4) is 0 Å². The van der Waals surface area contributed by atoms with E-state index in [9.17, 15) is 9.59 Å². The van der Waals surface area contributed by atoms with Gasteiger partial charge in [0.15, 0.2) is 0 Å². The number of rotatable bonds is 5. The van der Waals surface area contributed by atoms with Crippen molar-refractivity contribution < 1.29 is 14.7 Å². The lowest BCUT2D eigenvalue weighted by molar-refractivity contribution is -0.133. The highest BCUT2D eigenvalue weighted by atomic mass is 35.5. The zero-order valence-corrected chi connectivity index (χ0v) is 10.8. The van der Waals surface area contributed by atoms with Crippen LogP contribution in [0.25, 0.3) is 0 Å². The molecule has 0 atom stereocenters. The molecule has 0 aliphatic heterocycles. The summed E-state index contributed by atoms with van der Waals surface area (Å²) in [5, 5.41) is 11.5. The van der Waals surface area contributed by atoms with Crippen molar-refractivity contribution in [1.29, 1.82) is 0 Å². The first-order chi connectivity index (χ1) is 7.99. The van der Waals surface area contributed by atoms with E-state index < -0.39 is 5.97 Å². The number of aliphatic carboxylic acids is 1. The second-order valence-corrected chi connectivity index (χ2v) is 4.81. The molecule has 0 bridgehead atoms. The van der Waals surface area contributed by atoms with Gasteiger partial charge in [-0.3, -0.25) is 9.59 Å². The van der Waals surface area contributed by atoms with E-state index in [0.29, 0.717) is 10.7 Å². The average Bonchev–Trinajstić information content (AvgIpc) is 2.21. The molecule has 0 aliphatic carbocycles. The Morgan fingerprint density at radius 2 is 2.12 bits per heavy atom. The maximum Gasteiger partial charge on any atom is 0.313 e. The minimum Gasteiger partial charge on any atom is -0.481 e. The number of benzene rings is 1. The van der Waals surface area contributed by atoms with Gasteiger partial charge in [-0.15, -0.1) is 11.8 Å². The summed E-state index contributed by atoms with van der Waals surface area (Å²) in [4.78, 5) is 21.7. The molecule has 1 amide bonds. The summed E-state index contributed by atoms with van der Waals surface area (Å²) in [6.45, 7) is 1.90. The number of aryl methyl sites for hydroxylation is 1. The predicted molar refractivity (Wildman–Crippen MR) is 69.8 cm³/mol. The third kappa shape index (κ3) is 5.10. The largest absolute Gasteiger partial charge is 0.481 e. The topological polar surface area (TPSA) is 66.4 Å². The third-order valence-electron chi connectivity index (χ3n) is 1.86. The Hall–Kier alpha value is -1.20. The van der Waals surface area contributed by atoms with Crippen molar-refractivity contribution >= 4 is 40.9 Å². The number of hydrogen-bond donors (Lipinski definition) is 2. The van der Waals surface area contributed by atoms with Gasteiger partial charge in [0, 0.05) is 0 Å². The van der Waals surface area contributed by atoms with Gasteiger partial charge in [0.1, 0.15) is 0 Å². The van der Waals surface area contributed by atoms with Crippen molar-refractivity contribution in [3.05, 3.63) is 28.8 Å². The van der Waals surface area contributed by atoms with Gasteiger partial charge in [0.05, 0.1) is 22.2 Å². The Morgan fingerprint density at radius 1 is 1.41 bits per heavy atom. The summed E-state index contributed by atoms with van der Waals surface area (Å²) < 4.78 is 0. The van der Waals surface area contributed by atoms with Crippen LogP contribution in [0.1, 0.15) is 5.56 Å². The highest BCUT2D eigenvalue weighted by molar-refractivity contribution is 8.00. The van der Waals surface area contributed by atoms with E-state index in [1.165, 1.54) is 0 Å². The molecule has 0 aliphatic rings. The number of hydrogen-bond acceptors (Lipinski definition) is 3. The minimum atomic E-state index is -0.934. The standard InChI is InChI=1S/C11H12ClNO3S/c1-7-2-3-9(8(12)4-7)13-10(14)5-17-6-11(15)16/h2-4H,5-6H2,1H3,(H,13,14)(H,15,16). The fraction of sp³-hybridized carbons (Fsp3) is 0.273. The van der Waals surface area contributed by atoms with E-state index in [2.05, 4.69) is 5.32 Å². The van der Waals surface area contributed by atoms with E-state index in [1.807, 2.05) is 13.0 Å². The van der Waals surface area contributed by atoms with Crippen LogP contribution in [0.4, 0.5) is 5.69 Å². The number of halogens is 1. The van der Waals surface area contributed by atoms with Crippen LogP contribution in [0.5, 0.6) is 0 Å². The smallest absolute Gasteiger partial charge is 0.313 e. The number of thioether (sulfide) groups is 1. The molecule has 0 heterocycles. The van der Waals surface area contributed by atoms with Gasteiger partial charge >= 0.3 is 5.97 Å². The maximum absolute atomic E-state index is 11.4. The fourth-order valence-electron chi connectivity index (χ4n) is 1.14. The Kier molecular flexibility index (Phi) is 5.31. The molecule has 0 unspecified atom stereocenters. The first kappa shape index (κ1) is 13.9. The van der Waals surface area contributed by atoms with E-state index in [0.717, 1.165) is 17.3 Å². The van der Waals surface area contributed by atoms with E-state index in [-0.39, 0.29) is 17.4 Å². The molecule has 0 fully saturated rings. The molecule has 0 saturated carbocycles. The van der Waals surface area contributed by atoms with Gasteiger partial charge in [-0.05, 0) is 24.6 Å². The number of anilines is 1. The molecule has 1 rings (SSSR count). The van der Waals surface area contributed by atoms with Gasteiger partial charge in [0.25, 0.3) is 0 Å². The van der Waals surface area contributed by atoms with E-state index >= 15 is 0 Å². The quantitative estimate of drug-likeness (QED) is 0.865. The fourth-order valence-corrected chi connectivity index (χ4v) is 1.96. The Bertz CT molecular complexity index is 437. The second-order valence-electron chi connectivity index (χ2n) is 3.42. The number of carbonyl (C=O) groups excluding carboxylic acids is 1. The summed E-state index contributed by atoms with van der Waals surface area (Å²) >= 11 is 6.99. The molecule has 0 radical (unpaired) electrons. The number of carboxylic acids is 1. The zero-order valence-electron chi connectivity index (χ0n) is 9.20. The molecule has 0 aromatic heterocycles. The Balaban J connectivity index is 2.48. The van der Waals surface area contributed by atoms with Crippen LogP contribution < -0.4 is 5.32 Å². The highest BCUT2D eigenvalue weighted by Crippen LogP contribution is 2.22. The number of carboxylic acid groups (broad SMARTS) is 1. The molecule has 6 heteroatoms. The summed E-state index contributed by atoms with van der Waals surface area (Å²) in [5.74, 6) is -1.19. The molecule has 0 spiro atoms. The number of nitrogens with one attached hydrogen (secondary N) is 1. The highest BCUT2D eigenvalue weighted by Gasteiger charge is 2.07. The zero-order chi connectivity index (χ0) is 12.8. The van der Waals surface area contributed by atoms with E-state index in [1.54, 1.807) is 12.1 Å². The van der Waals surface area contributed by atoms with Crippen molar-refractivity contribution in [2.45, 2.75) is 6.92 Å². The van der Waals surface area contributed by atoms with Crippen LogP contribution in [-0.2, 0) is 9.59 Å². The number of amides is 1. The van der Waals surface area contributed by atoms with Gasteiger partial charge in [-0.1, -0.05) is 17.7 Å². The first-order valence-corrected chi connectivity index (χ1v) is 6.38. The lowest BCUT2D eigenvalue weighted by Gasteiger charge is -2.07. The lowest BCUT2D eigenvalue weighted by Crippen LogP contribution is -2.15. The molecule has 4 nitrogen and oxygen atoms in total. The molecule has 0 saturated heterocycles. The summed E-state index contributed by atoms with van der Waals surface area (Å²) in [6.07, 6.45) is 0. The summed E-state index contributed by atoms with van der Waals surface area (Å²) in [6, 6.07) is 5.31. The van der Waals surface area contributed by atoms with Gasteiger partial charge in [-0.2, -0.15) is 0 Å². The Morgan fingerprint density at radius 3 is 2.71 bits per heavy atom. The van der Waals surface area contributed by atoms with Crippen LogP contribution in [0.15, 0.2) is 18.2 Å². The normalized spacial score (nSPS) is 10.0. The lowest BCUT2D eigenvalue weighted by atomic mass is 10.2. The predicted octanol–water partition coefficient (Wildman–Crippen LogP) is 2.40. The van der Waals surface area contributed by atoms with Crippen LogP contribution in [-0.4, -0.2) is 28.5 Å². The van der Waals surface area contributed by atoms with Crippen molar-refractivity contribution in [2.75, 3.05) is 16.8 Å². The molecule has 17 heavy (non-hydrogen) atoms. The van der Waals surface area contributed by atoms with Gasteiger partial charge in [-0.25, -0.2) is 0 Å². The van der Waals surface area contributed by atoms with Crippen LogP contribution in [0.3, 0.4) is 0 Å². The molecular formula is C11H12ClNO3S. The van der Waals surface area contributed by atoms with Crippen LogP contribution in [0.2, 0.25) is 5.02 Å². The molecule has 2 N–H and O–H groups in total. The molecule has 92 valence electrons. The second kappa shape index (κ2) is 6.51. The summed E-state index contributed by atoms with van der Waals surface area (Å²) in [5.41, 5.74) is 1.55. The van der Waals surface area contributed by atoms with Crippen LogP contribution >= 0.6 is 23.4 Å². The first-order valence-electron chi connectivity index (χ1n) is 4.84. The summed E-state index contributed by atoms with van der Waals surface area (Å²) in [7, 11) is 0. The van der Waals surface area contributed by atoms with Crippen molar-refractivity contribution in [1.82, 2.24) is 0 Å². The monoisotopic (exact) mass is 273 g/mol. The average molecular weight is 274 g/mol. The van der Waals surface area contributed by atoms with E-state index in [4.69, 9.17) is 16.7 Å². The minimum absolute atomic E-state index is 0.0882. The molecule has 1 aromatic carbocycles. The van der Waals surface area contributed by atoms with Gasteiger partial charge in [0.2, 0.25) is 5.91 Å².